The number of carbonyl (C=O) groups excluding carboxylic acids is 2. The quantitative estimate of drug-likeness (QED) is 0.611. The van der Waals surface area contributed by atoms with Crippen LogP contribution in [0.4, 0.5) is 5.69 Å². The summed E-state index contributed by atoms with van der Waals surface area (Å²) in [4.78, 5) is 27.5. The maximum Gasteiger partial charge on any atom is 0.254 e. The molecule has 0 radical (unpaired) electrons. The molecule has 4 nitrogen and oxygen atoms in total. The summed E-state index contributed by atoms with van der Waals surface area (Å²) in [5.41, 5.74) is 4.27. The minimum absolute atomic E-state index is 0.00107. The van der Waals surface area contributed by atoms with Crippen molar-refractivity contribution in [2.45, 2.75) is 19.8 Å². The van der Waals surface area contributed by atoms with Crippen LogP contribution in [0.15, 0.2) is 78.9 Å². The number of carbonyl (C=O) groups is 2. The molecule has 2 amide bonds. The van der Waals surface area contributed by atoms with Gasteiger partial charge in [0.15, 0.2) is 0 Å². The molecule has 1 heterocycles. The monoisotopic (exact) mass is 422 g/mol. The third-order valence-electron chi connectivity index (χ3n) is 5.78. The summed E-state index contributed by atoms with van der Waals surface area (Å²) in [6.07, 6.45) is 1.33. The molecule has 3 aromatic rings. The Morgan fingerprint density at radius 2 is 1.50 bits per heavy atom. The van der Waals surface area contributed by atoms with Crippen molar-refractivity contribution in [3.05, 3.63) is 101 Å². The van der Waals surface area contributed by atoms with Crippen LogP contribution in [0.3, 0.4) is 0 Å². The van der Waals surface area contributed by atoms with E-state index in [1.54, 1.807) is 0 Å². The van der Waals surface area contributed by atoms with E-state index >= 15 is 0 Å². The highest BCUT2D eigenvalue weighted by Gasteiger charge is 2.28. The largest absolute Gasteiger partial charge is 0.339 e. The molecule has 1 aliphatic heterocycles. The summed E-state index contributed by atoms with van der Waals surface area (Å²) in [7, 11) is 0. The van der Waals surface area contributed by atoms with Crippen molar-refractivity contribution in [3.63, 3.8) is 0 Å². The zero-order chi connectivity index (χ0) is 22.3. The molecular formula is C28H26N2O2. The fourth-order valence-electron chi connectivity index (χ4n) is 3.91. The molecular weight excluding hydrogens is 396 g/mol. The van der Waals surface area contributed by atoms with E-state index in [9.17, 15) is 9.59 Å². The average Bonchev–Trinajstić information content (AvgIpc) is 2.84. The summed E-state index contributed by atoms with van der Waals surface area (Å²) in [5, 5.41) is 3.02. The Balaban J connectivity index is 1.34. The number of benzene rings is 3. The summed E-state index contributed by atoms with van der Waals surface area (Å²) < 4.78 is 0. The van der Waals surface area contributed by atoms with E-state index in [-0.39, 0.29) is 17.7 Å². The molecule has 4 heteroatoms. The maximum absolute atomic E-state index is 12.8. The van der Waals surface area contributed by atoms with Crippen LogP contribution >= 0.6 is 0 Å². The molecule has 160 valence electrons. The number of likely N-dealkylation sites (tertiary alicyclic amines) is 1. The summed E-state index contributed by atoms with van der Waals surface area (Å²) >= 11 is 0. The standard InChI is InChI=1S/C28H26N2O2/c1-21-8-5-6-13-26(21)28(32)30-18-16-24(17-19-30)27(31)29-25-12-7-11-23(20-25)15-14-22-9-3-2-4-10-22/h2-13,20,24H,16-19H2,1H3,(H,29,31). The zero-order valence-electron chi connectivity index (χ0n) is 18.2. The molecule has 0 saturated carbocycles. The SMILES string of the molecule is Cc1ccccc1C(=O)N1CCC(C(=O)Nc2cccc(C#Cc3ccccc3)c2)CC1. The Morgan fingerprint density at radius 3 is 2.25 bits per heavy atom. The van der Waals surface area contributed by atoms with Crippen molar-refractivity contribution in [1.29, 1.82) is 0 Å². The lowest BCUT2D eigenvalue weighted by Gasteiger charge is -2.31. The van der Waals surface area contributed by atoms with Crippen LogP contribution in [0.5, 0.6) is 0 Å². The van der Waals surface area contributed by atoms with Crippen molar-refractivity contribution >= 4 is 17.5 Å². The number of hydrogen-bond donors (Lipinski definition) is 1. The zero-order valence-corrected chi connectivity index (χ0v) is 18.2. The van der Waals surface area contributed by atoms with Gasteiger partial charge in [-0.1, -0.05) is 54.3 Å². The first-order chi connectivity index (χ1) is 15.6. The van der Waals surface area contributed by atoms with Crippen LogP contribution < -0.4 is 5.32 Å². The normalized spacial score (nSPS) is 13.7. The Labute approximate surface area is 189 Å². The Hall–Kier alpha value is -3.84. The van der Waals surface area contributed by atoms with E-state index in [1.165, 1.54) is 0 Å². The second-order valence-corrected chi connectivity index (χ2v) is 8.07. The van der Waals surface area contributed by atoms with Crippen LogP contribution in [0.1, 0.15) is 39.9 Å². The second-order valence-electron chi connectivity index (χ2n) is 8.07. The Kier molecular flexibility index (Phi) is 6.67. The number of nitrogens with zero attached hydrogens (tertiary/aromatic N) is 1. The van der Waals surface area contributed by atoms with Gasteiger partial charge in [-0.15, -0.1) is 0 Å². The van der Waals surface area contributed by atoms with Gasteiger partial charge in [-0.3, -0.25) is 9.59 Å². The molecule has 4 rings (SSSR count). The molecule has 3 aromatic carbocycles. The van der Waals surface area contributed by atoms with Gasteiger partial charge in [-0.2, -0.15) is 0 Å². The van der Waals surface area contributed by atoms with Gasteiger partial charge in [0.25, 0.3) is 5.91 Å². The van der Waals surface area contributed by atoms with Crippen LogP contribution in [0.2, 0.25) is 0 Å². The number of hydrogen-bond acceptors (Lipinski definition) is 2. The first-order valence-corrected chi connectivity index (χ1v) is 10.9. The molecule has 1 fully saturated rings. The molecule has 0 atom stereocenters. The molecule has 0 aliphatic carbocycles. The first-order valence-electron chi connectivity index (χ1n) is 10.9. The first kappa shape index (κ1) is 21.4. The van der Waals surface area contributed by atoms with E-state index in [0.717, 1.165) is 27.9 Å². The van der Waals surface area contributed by atoms with Crippen LogP contribution in [-0.2, 0) is 4.79 Å². The molecule has 0 bridgehead atoms. The Bertz CT molecular complexity index is 1170. The van der Waals surface area contributed by atoms with Gasteiger partial charge in [0, 0.05) is 41.4 Å². The van der Waals surface area contributed by atoms with Crippen LogP contribution in [0, 0.1) is 24.7 Å². The molecule has 0 unspecified atom stereocenters. The molecule has 1 aliphatic rings. The predicted molar refractivity (Wildman–Crippen MR) is 127 cm³/mol. The van der Waals surface area contributed by atoms with Crippen molar-refractivity contribution in [1.82, 2.24) is 4.90 Å². The molecule has 32 heavy (non-hydrogen) atoms. The maximum atomic E-state index is 12.8. The van der Waals surface area contributed by atoms with E-state index in [2.05, 4.69) is 17.2 Å². The minimum atomic E-state index is -0.102. The van der Waals surface area contributed by atoms with E-state index in [4.69, 9.17) is 0 Å². The van der Waals surface area contributed by atoms with Gasteiger partial charge in [-0.05, 0) is 61.7 Å². The number of amides is 2. The average molecular weight is 423 g/mol. The van der Waals surface area contributed by atoms with Gasteiger partial charge in [-0.25, -0.2) is 0 Å². The second kappa shape index (κ2) is 9.98. The Morgan fingerprint density at radius 1 is 0.844 bits per heavy atom. The van der Waals surface area contributed by atoms with Crippen molar-refractivity contribution < 1.29 is 9.59 Å². The third-order valence-corrected chi connectivity index (χ3v) is 5.78. The van der Waals surface area contributed by atoms with Crippen LogP contribution in [0.25, 0.3) is 0 Å². The molecule has 1 N–H and O–H groups in total. The number of rotatable bonds is 3. The smallest absolute Gasteiger partial charge is 0.254 e. The van der Waals surface area contributed by atoms with E-state index in [0.29, 0.717) is 25.9 Å². The van der Waals surface area contributed by atoms with Gasteiger partial charge in [0.05, 0.1) is 0 Å². The predicted octanol–water partition coefficient (Wildman–Crippen LogP) is 4.89. The van der Waals surface area contributed by atoms with Crippen molar-refractivity contribution in [2.24, 2.45) is 5.92 Å². The molecule has 1 saturated heterocycles. The lowest BCUT2D eigenvalue weighted by atomic mass is 9.95. The van der Waals surface area contributed by atoms with Crippen molar-refractivity contribution in [3.8, 4) is 11.8 Å². The van der Waals surface area contributed by atoms with Crippen molar-refractivity contribution in [2.75, 3.05) is 18.4 Å². The summed E-state index contributed by atoms with van der Waals surface area (Å²) in [5.74, 6) is 6.23. The highest BCUT2D eigenvalue weighted by molar-refractivity contribution is 5.96. The molecule has 0 spiro atoms. The minimum Gasteiger partial charge on any atom is -0.339 e. The molecule has 0 aromatic heterocycles. The summed E-state index contributed by atoms with van der Waals surface area (Å²) in [6.45, 7) is 3.13. The lowest BCUT2D eigenvalue weighted by Crippen LogP contribution is -2.41. The number of piperidine rings is 1. The van der Waals surface area contributed by atoms with Gasteiger partial charge >= 0.3 is 0 Å². The van der Waals surface area contributed by atoms with Gasteiger partial charge in [0.1, 0.15) is 0 Å². The highest BCUT2D eigenvalue weighted by atomic mass is 16.2. The van der Waals surface area contributed by atoms with Gasteiger partial charge < -0.3 is 10.2 Å². The number of aryl methyl sites for hydroxylation is 1. The van der Waals surface area contributed by atoms with E-state index in [1.807, 2.05) is 90.7 Å². The third kappa shape index (κ3) is 5.25. The number of nitrogens with one attached hydrogen (secondary N) is 1. The van der Waals surface area contributed by atoms with E-state index < -0.39 is 0 Å². The van der Waals surface area contributed by atoms with Gasteiger partial charge in [0.2, 0.25) is 5.91 Å². The topological polar surface area (TPSA) is 49.4 Å². The summed E-state index contributed by atoms with van der Waals surface area (Å²) in [6, 6.07) is 25.1. The fourth-order valence-corrected chi connectivity index (χ4v) is 3.91. The highest BCUT2D eigenvalue weighted by Crippen LogP contribution is 2.22. The fraction of sp³-hybridized carbons (Fsp3) is 0.214. The van der Waals surface area contributed by atoms with Crippen LogP contribution in [-0.4, -0.2) is 29.8 Å². The number of anilines is 1. The lowest BCUT2D eigenvalue weighted by molar-refractivity contribution is -0.121.